The lowest BCUT2D eigenvalue weighted by molar-refractivity contribution is 0.817. The first-order valence-electron chi connectivity index (χ1n) is 11.5. The zero-order valence-electron chi connectivity index (χ0n) is 18.5. The number of rotatable bonds is 10. The van der Waals surface area contributed by atoms with Gasteiger partial charge in [-0.05, 0) is 72.9 Å². The number of benzene rings is 4. The van der Waals surface area contributed by atoms with Crippen molar-refractivity contribution >= 4 is 11.4 Å². The lowest BCUT2D eigenvalue weighted by atomic mass is 10.0. The Balaban J connectivity index is 1.39. The van der Waals surface area contributed by atoms with Crippen molar-refractivity contribution in [2.24, 2.45) is 10.2 Å². The summed E-state index contributed by atoms with van der Waals surface area (Å²) in [4.78, 5) is 0. The maximum absolute atomic E-state index is 4.65. The monoisotopic (exact) mass is 418 g/mol. The highest BCUT2D eigenvalue weighted by Crippen LogP contribution is 2.26. The van der Waals surface area contributed by atoms with Gasteiger partial charge in [0.25, 0.3) is 0 Å². The summed E-state index contributed by atoms with van der Waals surface area (Å²) in [5.74, 6) is 0. The molecule has 0 fully saturated rings. The fraction of sp³-hybridized carbons (Fsp3) is 0.200. The second-order valence-corrected chi connectivity index (χ2v) is 8.14. The van der Waals surface area contributed by atoms with Gasteiger partial charge < -0.3 is 0 Å². The minimum absolute atomic E-state index is 0.972. The lowest BCUT2D eigenvalue weighted by Crippen LogP contribution is -1.91. The van der Waals surface area contributed by atoms with E-state index in [9.17, 15) is 0 Å². The Hall–Kier alpha value is -3.52. The first-order valence-corrected chi connectivity index (χ1v) is 11.5. The van der Waals surface area contributed by atoms with Crippen LogP contribution < -0.4 is 0 Å². The average molecular weight is 419 g/mol. The van der Waals surface area contributed by atoms with Gasteiger partial charge in [0.15, 0.2) is 0 Å². The van der Waals surface area contributed by atoms with Gasteiger partial charge in [-0.25, -0.2) is 0 Å². The van der Waals surface area contributed by atoms with E-state index in [0.29, 0.717) is 0 Å². The molecule has 0 saturated carbocycles. The van der Waals surface area contributed by atoms with Gasteiger partial charge in [0, 0.05) is 0 Å². The molecule has 2 heteroatoms. The van der Waals surface area contributed by atoms with Gasteiger partial charge in [0.05, 0.1) is 11.4 Å². The molecule has 0 aromatic heterocycles. The third-order valence-corrected chi connectivity index (χ3v) is 5.76. The topological polar surface area (TPSA) is 24.7 Å². The molecule has 2 nitrogen and oxygen atoms in total. The molecule has 0 aliphatic rings. The molecule has 4 rings (SSSR count). The van der Waals surface area contributed by atoms with Gasteiger partial charge in [0.1, 0.15) is 0 Å². The summed E-state index contributed by atoms with van der Waals surface area (Å²) in [5, 5.41) is 9.31. The molecule has 0 bridgehead atoms. The molecule has 32 heavy (non-hydrogen) atoms. The Bertz CT molecular complexity index is 1030. The smallest absolute Gasteiger partial charge is 0.0889 e. The normalized spacial score (nSPS) is 11.1. The summed E-state index contributed by atoms with van der Waals surface area (Å²) in [5.41, 5.74) is 7.23. The van der Waals surface area contributed by atoms with Crippen LogP contribution in [0.1, 0.15) is 35.1 Å². The molecule has 0 aliphatic heterocycles. The van der Waals surface area contributed by atoms with Crippen molar-refractivity contribution in [2.75, 3.05) is 0 Å². The highest BCUT2D eigenvalue weighted by Gasteiger charge is 2.04. The van der Waals surface area contributed by atoms with E-state index in [2.05, 4.69) is 107 Å². The van der Waals surface area contributed by atoms with Crippen LogP contribution in [-0.2, 0) is 25.7 Å². The van der Waals surface area contributed by atoms with Crippen LogP contribution in [0.4, 0.5) is 11.4 Å². The van der Waals surface area contributed by atoms with Crippen LogP contribution >= 0.6 is 0 Å². The second kappa shape index (κ2) is 11.8. The van der Waals surface area contributed by atoms with Crippen LogP contribution in [0.25, 0.3) is 0 Å². The molecule has 0 unspecified atom stereocenters. The molecule has 0 radical (unpaired) electrons. The first-order chi connectivity index (χ1) is 15.9. The summed E-state index contributed by atoms with van der Waals surface area (Å²) in [6.07, 6.45) is 6.37. The molecule has 4 aromatic rings. The predicted octanol–water partition coefficient (Wildman–Crippen LogP) is 8.45. The summed E-state index contributed by atoms with van der Waals surface area (Å²) in [6.45, 7) is 0. The van der Waals surface area contributed by atoms with Crippen LogP contribution in [0.3, 0.4) is 0 Å². The van der Waals surface area contributed by atoms with Gasteiger partial charge in [-0.3, -0.25) is 0 Å². The average Bonchev–Trinajstić information content (AvgIpc) is 2.85. The largest absolute Gasteiger partial charge is 0.150 e. The SMILES string of the molecule is c1ccc(CCCc2ccccc2N=Nc2ccccc2CCCc2ccccc2)cc1. The Morgan fingerprint density at radius 2 is 0.750 bits per heavy atom. The van der Waals surface area contributed by atoms with Crippen molar-refractivity contribution in [3.8, 4) is 0 Å². The Kier molecular flexibility index (Phi) is 7.97. The molecule has 4 aromatic carbocycles. The van der Waals surface area contributed by atoms with E-state index in [1.165, 1.54) is 22.3 Å². The Morgan fingerprint density at radius 1 is 0.375 bits per heavy atom. The van der Waals surface area contributed by atoms with E-state index in [1.54, 1.807) is 0 Å². The van der Waals surface area contributed by atoms with E-state index in [-0.39, 0.29) is 0 Å². The molecular weight excluding hydrogens is 388 g/mol. The van der Waals surface area contributed by atoms with Crippen LogP contribution in [0, 0.1) is 0 Å². The number of azo groups is 1. The van der Waals surface area contributed by atoms with Crippen molar-refractivity contribution in [3.05, 3.63) is 131 Å². The maximum atomic E-state index is 4.65. The summed E-state index contributed by atoms with van der Waals surface area (Å²) in [6, 6.07) is 38.1. The lowest BCUT2D eigenvalue weighted by Gasteiger charge is -2.07. The molecule has 0 N–H and O–H groups in total. The van der Waals surface area contributed by atoms with Crippen LogP contribution in [0.2, 0.25) is 0 Å². The highest BCUT2D eigenvalue weighted by molar-refractivity contribution is 5.49. The maximum Gasteiger partial charge on any atom is 0.0889 e. The molecule has 0 amide bonds. The molecule has 160 valence electrons. The fourth-order valence-corrected chi connectivity index (χ4v) is 4.00. The number of hydrogen-bond donors (Lipinski definition) is 0. The minimum Gasteiger partial charge on any atom is -0.150 e. The van der Waals surface area contributed by atoms with E-state index >= 15 is 0 Å². The molecule has 0 aliphatic carbocycles. The summed E-state index contributed by atoms with van der Waals surface area (Å²) >= 11 is 0. The van der Waals surface area contributed by atoms with Crippen LogP contribution in [0.5, 0.6) is 0 Å². The third-order valence-electron chi connectivity index (χ3n) is 5.76. The van der Waals surface area contributed by atoms with Gasteiger partial charge in [-0.1, -0.05) is 97.1 Å². The molecule has 0 saturated heterocycles. The van der Waals surface area contributed by atoms with Crippen molar-refractivity contribution in [2.45, 2.75) is 38.5 Å². The Morgan fingerprint density at radius 3 is 1.19 bits per heavy atom. The Labute approximate surface area is 191 Å². The van der Waals surface area contributed by atoms with Gasteiger partial charge in [-0.2, -0.15) is 10.2 Å². The van der Waals surface area contributed by atoms with Crippen molar-refractivity contribution < 1.29 is 0 Å². The quantitative estimate of drug-likeness (QED) is 0.231. The van der Waals surface area contributed by atoms with E-state index in [1.807, 2.05) is 12.1 Å². The molecule has 0 spiro atoms. The van der Waals surface area contributed by atoms with Gasteiger partial charge in [0.2, 0.25) is 0 Å². The molecule has 0 atom stereocenters. The van der Waals surface area contributed by atoms with Crippen LogP contribution in [0.15, 0.2) is 119 Å². The minimum atomic E-state index is 0.972. The summed E-state index contributed by atoms with van der Waals surface area (Å²) in [7, 11) is 0. The molecular formula is C30H30N2. The number of nitrogens with zero attached hydrogens (tertiary/aromatic N) is 2. The standard InChI is InChI=1S/C30H30N2/c1-3-13-25(14-4-1)17-11-21-27-19-7-9-23-29(27)31-32-30-24-10-8-20-28(30)22-12-18-26-15-5-2-6-16-26/h1-10,13-16,19-20,23-24H,11-12,17-18,21-22H2. The van der Waals surface area contributed by atoms with Gasteiger partial charge in [-0.15, -0.1) is 0 Å². The van der Waals surface area contributed by atoms with E-state index in [0.717, 1.165) is 49.9 Å². The van der Waals surface area contributed by atoms with Crippen LogP contribution in [-0.4, -0.2) is 0 Å². The summed E-state index contributed by atoms with van der Waals surface area (Å²) < 4.78 is 0. The third kappa shape index (κ3) is 6.49. The van der Waals surface area contributed by atoms with E-state index < -0.39 is 0 Å². The predicted molar refractivity (Wildman–Crippen MR) is 134 cm³/mol. The van der Waals surface area contributed by atoms with Crippen molar-refractivity contribution in [1.82, 2.24) is 0 Å². The fourth-order valence-electron chi connectivity index (χ4n) is 4.00. The number of hydrogen-bond acceptors (Lipinski definition) is 2. The van der Waals surface area contributed by atoms with Crippen molar-refractivity contribution in [3.63, 3.8) is 0 Å². The van der Waals surface area contributed by atoms with Gasteiger partial charge >= 0.3 is 0 Å². The zero-order chi connectivity index (χ0) is 21.8. The zero-order valence-corrected chi connectivity index (χ0v) is 18.5. The molecule has 0 heterocycles. The first kappa shape index (κ1) is 21.7. The second-order valence-electron chi connectivity index (χ2n) is 8.14. The van der Waals surface area contributed by atoms with E-state index in [4.69, 9.17) is 0 Å². The highest BCUT2D eigenvalue weighted by atomic mass is 15.1. The van der Waals surface area contributed by atoms with Crippen molar-refractivity contribution in [1.29, 1.82) is 0 Å². The number of aryl methyl sites for hydroxylation is 4.